The zero-order valence-corrected chi connectivity index (χ0v) is 13.3. The molecule has 3 nitrogen and oxygen atoms in total. The maximum atomic E-state index is 5.56. The number of para-hydroxylation sites is 1. The first-order chi connectivity index (χ1) is 11.3. The fraction of sp³-hybridized carbons (Fsp3) is 0.150. The molecule has 114 valence electrons. The molecule has 3 heteroatoms. The van der Waals surface area contributed by atoms with Crippen LogP contribution in [0.4, 0.5) is 11.4 Å². The van der Waals surface area contributed by atoms with E-state index >= 15 is 0 Å². The van der Waals surface area contributed by atoms with E-state index < -0.39 is 0 Å². The Labute approximate surface area is 135 Å². The summed E-state index contributed by atoms with van der Waals surface area (Å²) < 4.78 is 5.56. The third kappa shape index (κ3) is 2.08. The highest BCUT2D eigenvalue weighted by molar-refractivity contribution is 6.18. The van der Waals surface area contributed by atoms with Crippen LogP contribution in [0.15, 0.2) is 65.8 Å². The molecule has 1 aliphatic rings. The number of nitrogens with zero attached hydrogens (tertiary/aromatic N) is 2. The molecule has 0 saturated heterocycles. The van der Waals surface area contributed by atoms with Crippen LogP contribution in [0, 0.1) is 0 Å². The van der Waals surface area contributed by atoms with E-state index in [0.29, 0.717) is 0 Å². The Morgan fingerprint density at radius 1 is 0.957 bits per heavy atom. The largest absolute Gasteiger partial charge is 0.496 e. The molecular formula is C20H18N2O. The van der Waals surface area contributed by atoms with Crippen LogP contribution in [-0.2, 0) is 0 Å². The summed E-state index contributed by atoms with van der Waals surface area (Å²) in [5.41, 5.74) is 4.46. The van der Waals surface area contributed by atoms with Crippen molar-refractivity contribution in [1.29, 1.82) is 0 Å². The van der Waals surface area contributed by atoms with E-state index in [1.165, 1.54) is 10.9 Å². The van der Waals surface area contributed by atoms with Crippen LogP contribution >= 0.6 is 0 Å². The number of hydrogen-bond acceptors (Lipinski definition) is 3. The molecule has 0 aromatic heterocycles. The maximum absolute atomic E-state index is 5.56. The monoisotopic (exact) mass is 302 g/mol. The molecule has 0 atom stereocenters. The number of hydrazone groups is 1. The van der Waals surface area contributed by atoms with Gasteiger partial charge in [0.1, 0.15) is 5.75 Å². The van der Waals surface area contributed by atoms with Crippen LogP contribution in [0.5, 0.6) is 5.75 Å². The van der Waals surface area contributed by atoms with Gasteiger partial charge in [-0.1, -0.05) is 37.3 Å². The summed E-state index contributed by atoms with van der Waals surface area (Å²) in [4.78, 5) is 0. The molecule has 0 fully saturated rings. The third-order valence-electron chi connectivity index (χ3n) is 4.29. The van der Waals surface area contributed by atoms with Gasteiger partial charge >= 0.3 is 0 Å². The van der Waals surface area contributed by atoms with E-state index in [-0.39, 0.29) is 0 Å². The molecule has 1 heterocycles. The second-order valence-corrected chi connectivity index (χ2v) is 5.56. The van der Waals surface area contributed by atoms with Gasteiger partial charge in [0.15, 0.2) is 0 Å². The van der Waals surface area contributed by atoms with E-state index in [2.05, 4.69) is 43.3 Å². The zero-order chi connectivity index (χ0) is 15.8. The van der Waals surface area contributed by atoms with Crippen LogP contribution in [0.3, 0.4) is 0 Å². The average Bonchev–Trinajstić information content (AvgIpc) is 2.63. The highest BCUT2D eigenvalue weighted by atomic mass is 16.5. The van der Waals surface area contributed by atoms with Crippen LogP contribution in [0.2, 0.25) is 0 Å². The number of rotatable bonds is 3. The summed E-state index contributed by atoms with van der Waals surface area (Å²) in [6, 6.07) is 20.7. The molecule has 1 aliphatic heterocycles. The lowest BCUT2D eigenvalue weighted by molar-refractivity contribution is 0.420. The zero-order valence-electron chi connectivity index (χ0n) is 13.3. The van der Waals surface area contributed by atoms with E-state index in [4.69, 9.17) is 9.84 Å². The summed E-state index contributed by atoms with van der Waals surface area (Å²) >= 11 is 0. The second-order valence-electron chi connectivity index (χ2n) is 5.56. The van der Waals surface area contributed by atoms with Gasteiger partial charge in [-0.3, -0.25) is 0 Å². The topological polar surface area (TPSA) is 24.8 Å². The Hall–Kier alpha value is -2.81. The van der Waals surface area contributed by atoms with Gasteiger partial charge in [-0.15, -0.1) is 0 Å². The molecule has 0 radical (unpaired) electrons. The van der Waals surface area contributed by atoms with Crippen molar-refractivity contribution in [1.82, 2.24) is 0 Å². The molecule has 0 N–H and O–H groups in total. The number of anilines is 2. The number of methoxy groups -OCH3 is 1. The standard InChI is InChI=1S/C20H18N2O/c1-3-17-15-12-13-19(23-2)16-10-7-11-18(20(15)16)22(21-17)14-8-5-4-6-9-14/h4-13H,3H2,1-2H3. The molecule has 0 amide bonds. The van der Waals surface area contributed by atoms with Crippen molar-refractivity contribution in [3.63, 3.8) is 0 Å². The number of ether oxygens (including phenoxy) is 1. The van der Waals surface area contributed by atoms with Crippen molar-refractivity contribution in [3.8, 4) is 5.75 Å². The summed E-state index contributed by atoms with van der Waals surface area (Å²) in [5, 5.41) is 9.28. The first-order valence-corrected chi connectivity index (χ1v) is 7.86. The van der Waals surface area contributed by atoms with Gasteiger partial charge in [-0.2, -0.15) is 5.10 Å². The third-order valence-corrected chi connectivity index (χ3v) is 4.29. The Morgan fingerprint density at radius 3 is 2.52 bits per heavy atom. The smallest absolute Gasteiger partial charge is 0.126 e. The summed E-state index contributed by atoms with van der Waals surface area (Å²) in [5.74, 6) is 0.899. The molecule has 0 saturated carbocycles. The van der Waals surface area contributed by atoms with Crippen molar-refractivity contribution in [2.45, 2.75) is 13.3 Å². The van der Waals surface area contributed by atoms with Gasteiger partial charge in [0.2, 0.25) is 0 Å². The van der Waals surface area contributed by atoms with Gasteiger partial charge in [0, 0.05) is 16.3 Å². The molecule has 4 rings (SSSR count). The summed E-state index contributed by atoms with van der Waals surface area (Å²) in [6.07, 6.45) is 0.888. The molecule has 0 spiro atoms. The predicted octanol–water partition coefficient (Wildman–Crippen LogP) is 5.11. The molecule has 0 aliphatic carbocycles. The fourth-order valence-electron chi connectivity index (χ4n) is 3.21. The number of benzene rings is 3. The van der Waals surface area contributed by atoms with Crippen LogP contribution < -0.4 is 9.75 Å². The number of hydrogen-bond donors (Lipinski definition) is 0. The van der Waals surface area contributed by atoms with Gasteiger partial charge in [-0.05, 0) is 36.8 Å². The Morgan fingerprint density at radius 2 is 1.78 bits per heavy atom. The van der Waals surface area contributed by atoms with Crippen LogP contribution in [0.1, 0.15) is 18.9 Å². The Kier molecular flexibility index (Phi) is 3.27. The minimum atomic E-state index is 0.888. The first kappa shape index (κ1) is 13.8. The molecule has 0 unspecified atom stereocenters. The van der Waals surface area contributed by atoms with Crippen LogP contribution in [-0.4, -0.2) is 12.8 Å². The van der Waals surface area contributed by atoms with E-state index in [9.17, 15) is 0 Å². The molecule has 3 aromatic carbocycles. The quantitative estimate of drug-likeness (QED) is 0.671. The summed E-state index contributed by atoms with van der Waals surface area (Å²) in [6.45, 7) is 2.14. The minimum Gasteiger partial charge on any atom is -0.496 e. The lowest BCUT2D eigenvalue weighted by atomic mass is 9.95. The normalized spacial score (nSPS) is 13.1. The Balaban J connectivity index is 2.05. The first-order valence-electron chi connectivity index (χ1n) is 7.86. The average molecular weight is 302 g/mol. The van der Waals surface area contributed by atoms with Gasteiger partial charge in [0.05, 0.1) is 24.2 Å². The van der Waals surface area contributed by atoms with Crippen molar-refractivity contribution in [2.24, 2.45) is 5.10 Å². The van der Waals surface area contributed by atoms with Crippen molar-refractivity contribution < 1.29 is 4.74 Å². The maximum Gasteiger partial charge on any atom is 0.126 e. The molecule has 23 heavy (non-hydrogen) atoms. The molecule has 0 bridgehead atoms. The SMILES string of the molecule is CCC1=NN(c2ccccc2)c2cccc3c(OC)ccc1c23. The van der Waals surface area contributed by atoms with E-state index in [0.717, 1.165) is 34.6 Å². The lowest BCUT2D eigenvalue weighted by Crippen LogP contribution is -2.19. The lowest BCUT2D eigenvalue weighted by Gasteiger charge is -2.28. The van der Waals surface area contributed by atoms with Gasteiger partial charge < -0.3 is 4.74 Å². The van der Waals surface area contributed by atoms with Crippen molar-refractivity contribution in [2.75, 3.05) is 12.1 Å². The highest BCUT2D eigenvalue weighted by Crippen LogP contribution is 2.41. The predicted molar refractivity (Wildman–Crippen MR) is 95.9 cm³/mol. The van der Waals surface area contributed by atoms with E-state index in [1.54, 1.807) is 7.11 Å². The van der Waals surface area contributed by atoms with Crippen LogP contribution in [0.25, 0.3) is 10.8 Å². The highest BCUT2D eigenvalue weighted by Gasteiger charge is 2.23. The minimum absolute atomic E-state index is 0.888. The van der Waals surface area contributed by atoms with Gasteiger partial charge in [0.25, 0.3) is 0 Å². The summed E-state index contributed by atoms with van der Waals surface area (Å²) in [7, 11) is 1.72. The van der Waals surface area contributed by atoms with E-state index in [1.807, 2.05) is 29.3 Å². The fourth-order valence-corrected chi connectivity index (χ4v) is 3.21. The van der Waals surface area contributed by atoms with Crippen molar-refractivity contribution >= 4 is 27.9 Å². The molecule has 3 aromatic rings. The Bertz CT molecular complexity index is 900. The molecular weight excluding hydrogens is 284 g/mol. The van der Waals surface area contributed by atoms with Gasteiger partial charge in [-0.25, -0.2) is 5.01 Å². The second kappa shape index (κ2) is 5.43. The van der Waals surface area contributed by atoms with Crippen molar-refractivity contribution in [3.05, 3.63) is 66.2 Å².